The lowest BCUT2D eigenvalue weighted by Gasteiger charge is -2.25. The number of carboxylic acids is 1. The lowest BCUT2D eigenvalue weighted by Crippen LogP contribution is -2.32. The fourth-order valence-corrected chi connectivity index (χ4v) is 2.33. The van der Waals surface area contributed by atoms with Crippen molar-refractivity contribution in [2.75, 3.05) is 13.6 Å². The van der Waals surface area contributed by atoms with Crippen molar-refractivity contribution in [3.8, 4) is 0 Å². The van der Waals surface area contributed by atoms with Gasteiger partial charge in [0, 0.05) is 6.54 Å². The topological polar surface area (TPSA) is 40.5 Å². The van der Waals surface area contributed by atoms with Gasteiger partial charge in [-0.2, -0.15) is 0 Å². The molecule has 1 N–H and O–H groups in total. The molecule has 0 heterocycles. The zero-order valence-electron chi connectivity index (χ0n) is 11.1. The van der Waals surface area contributed by atoms with Gasteiger partial charge in [0.05, 0.1) is 0 Å². The molecule has 1 atom stereocenters. The number of carbonyl (C=O) groups is 1. The molecule has 0 amide bonds. The second-order valence-corrected chi connectivity index (χ2v) is 5.22. The summed E-state index contributed by atoms with van der Waals surface area (Å²) in [5, 5.41) is 9.42. The minimum atomic E-state index is -0.762. The molecule has 2 rings (SSSR count). The van der Waals surface area contributed by atoms with Crippen LogP contribution in [0.3, 0.4) is 0 Å². The highest BCUT2D eigenvalue weighted by Gasteiger charge is 2.30. The summed E-state index contributed by atoms with van der Waals surface area (Å²) in [4.78, 5) is 13.4. The molecule has 98 valence electrons. The summed E-state index contributed by atoms with van der Waals surface area (Å²) in [7, 11) is 1.91. The van der Waals surface area contributed by atoms with Crippen LogP contribution in [0.25, 0.3) is 0 Å². The smallest absolute Gasteiger partial charge is 0.325 e. The van der Waals surface area contributed by atoms with Crippen LogP contribution in [0, 0.1) is 5.92 Å². The van der Waals surface area contributed by atoms with Gasteiger partial charge in [0.15, 0.2) is 0 Å². The van der Waals surface area contributed by atoms with Crippen LogP contribution in [0.4, 0.5) is 0 Å². The molecule has 18 heavy (non-hydrogen) atoms. The maximum Gasteiger partial charge on any atom is 0.325 e. The van der Waals surface area contributed by atoms with E-state index in [0.717, 1.165) is 18.5 Å². The Hall–Kier alpha value is -1.35. The van der Waals surface area contributed by atoms with Crippen molar-refractivity contribution in [2.24, 2.45) is 5.92 Å². The van der Waals surface area contributed by atoms with Crippen LogP contribution in [0.5, 0.6) is 0 Å². The van der Waals surface area contributed by atoms with Gasteiger partial charge in [-0.05, 0) is 43.4 Å². The molecule has 1 aromatic rings. The number of hydrogen-bond donors (Lipinski definition) is 1. The van der Waals surface area contributed by atoms with Crippen molar-refractivity contribution in [3.05, 3.63) is 35.4 Å². The van der Waals surface area contributed by atoms with Gasteiger partial charge in [0.1, 0.15) is 6.04 Å². The first kappa shape index (κ1) is 13.1. The number of rotatable bonds is 6. The first-order chi connectivity index (χ1) is 8.61. The van der Waals surface area contributed by atoms with Gasteiger partial charge in [0.25, 0.3) is 0 Å². The molecule has 0 aliphatic heterocycles. The van der Waals surface area contributed by atoms with E-state index in [2.05, 4.69) is 6.92 Å². The summed E-state index contributed by atoms with van der Waals surface area (Å²) in [6.07, 6.45) is 3.47. The molecule has 1 aliphatic rings. The third-order valence-corrected chi connectivity index (χ3v) is 3.62. The molecular formula is C15H21NO2. The van der Waals surface area contributed by atoms with E-state index >= 15 is 0 Å². The van der Waals surface area contributed by atoms with Gasteiger partial charge >= 0.3 is 5.97 Å². The molecular weight excluding hydrogens is 226 g/mol. The van der Waals surface area contributed by atoms with E-state index in [1.54, 1.807) is 0 Å². The van der Waals surface area contributed by atoms with E-state index in [1.165, 1.54) is 18.4 Å². The van der Waals surface area contributed by atoms with Gasteiger partial charge in [-0.25, -0.2) is 0 Å². The molecule has 3 nitrogen and oxygen atoms in total. The average Bonchev–Trinajstić information content (AvgIpc) is 3.13. The van der Waals surface area contributed by atoms with E-state index < -0.39 is 12.0 Å². The zero-order chi connectivity index (χ0) is 13.1. The first-order valence-corrected chi connectivity index (χ1v) is 6.63. The van der Waals surface area contributed by atoms with Crippen LogP contribution in [0.1, 0.15) is 36.9 Å². The Labute approximate surface area is 108 Å². The Morgan fingerprint density at radius 2 is 2.00 bits per heavy atom. The van der Waals surface area contributed by atoms with Crippen molar-refractivity contribution in [3.63, 3.8) is 0 Å². The largest absolute Gasteiger partial charge is 0.480 e. The molecule has 0 bridgehead atoms. The number of hydrogen-bond acceptors (Lipinski definition) is 2. The number of nitrogens with zero attached hydrogens (tertiary/aromatic N) is 1. The third kappa shape index (κ3) is 3.10. The number of aliphatic carboxylic acids is 1. The van der Waals surface area contributed by atoms with Gasteiger partial charge in [-0.3, -0.25) is 9.69 Å². The van der Waals surface area contributed by atoms with Gasteiger partial charge < -0.3 is 5.11 Å². The number of benzene rings is 1. The molecule has 1 aliphatic carbocycles. The predicted octanol–water partition coefficient (Wildman–Crippen LogP) is 2.72. The van der Waals surface area contributed by atoms with Crippen LogP contribution >= 0.6 is 0 Å². The molecule has 0 aromatic heterocycles. The highest BCUT2D eigenvalue weighted by Crippen LogP contribution is 2.32. The summed E-state index contributed by atoms with van der Waals surface area (Å²) in [5.74, 6) is -0.0610. The van der Waals surface area contributed by atoms with Crippen molar-refractivity contribution < 1.29 is 9.90 Å². The normalized spacial score (nSPS) is 16.8. The standard InChI is InChI=1S/C15H21NO2/c1-3-11-6-8-13(9-7-11)14(15(17)18)16(2)10-12-4-5-12/h6-9,12,14H,3-5,10H2,1-2H3,(H,17,18). The monoisotopic (exact) mass is 247 g/mol. The second-order valence-electron chi connectivity index (χ2n) is 5.22. The fourth-order valence-electron chi connectivity index (χ4n) is 2.33. The van der Waals surface area contributed by atoms with Crippen molar-refractivity contribution >= 4 is 5.97 Å². The minimum Gasteiger partial charge on any atom is -0.480 e. The average molecular weight is 247 g/mol. The minimum absolute atomic E-state index is 0.517. The van der Waals surface area contributed by atoms with E-state index in [-0.39, 0.29) is 0 Å². The Bertz CT molecular complexity index is 409. The van der Waals surface area contributed by atoms with Crippen LogP contribution in [-0.2, 0) is 11.2 Å². The predicted molar refractivity (Wildman–Crippen MR) is 71.6 cm³/mol. The van der Waals surface area contributed by atoms with E-state index in [0.29, 0.717) is 5.92 Å². The molecule has 3 heteroatoms. The number of carboxylic acid groups (broad SMARTS) is 1. The SMILES string of the molecule is CCc1ccc(C(C(=O)O)N(C)CC2CC2)cc1. The molecule has 1 saturated carbocycles. The Morgan fingerprint density at radius 1 is 1.39 bits per heavy atom. The van der Waals surface area contributed by atoms with Crippen LogP contribution in [-0.4, -0.2) is 29.6 Å². The first-order valence-electron chi connectivity index (χ1n) is 6.63. The van der Waals surface area contributed by atoms with Crippen LogP contribution < -0.4 is 0 Å². The highest BCUT2D eigenvalue weighted by molar-refractivity contribution is 5.75. The summed E-state index contributed by atoms with van der Waals surface area (Å²) >= 11 is 0. The maximum absolute atomic E-state index is 11.5. The molecule has 0 saturated heterocycles. The van der Waals surface area contributed by atoms with E-state index in [4.69, 9.17) is 0 Å². The molecule has 1 aromatic carbocycles. The summed E-state index contributed by atoms with van der Waals surface area (Å²) in [6.45, 7) is 2.98. The van der Waals surface area contributed by atoms with Crippen LogP contribution in [0.15, 0.2) is 24.3 Å². The fraction of sp³-hybridized carbons (Fsp3) is 0.533. The Balaban J connectivity index is 2.14. The molecule has 1 fully saturated rings. The zero-order valence-corrected chi connectivity index (χ0v) is 11.1. The molecule has 0 radical (unpaired) electrons. The molecule has 0 spiro atoms. The van der Waals surface area contributed by atoms with Crippen LogP contribution in [0.2, 0.25) is 0 Å². The summed E-state index contributed by atoms with van der Waals surface area (Å²) in [6, 6.07) is 7.42. The Kier molecular flexibility index (Phi) is 4.02. The maximum atomic E-state index is 11.5. The number of aryl methyl sites for hydroxylation is 1. The van der Waals surface area contributed by atoms with Crippen molar-refractivity contribution in [1.29, 1.82) is 0 Å². The summed E-state index contributed by atoms with van der Waals surface area (Å²) < 4.78 is 0. The van der Waals surface area contributed by atoms with E-state index in [9.17, 15) is 9.90 Å². The lowest BCUT2D eigenvalue weighted by atomic mass is 10.0. The van der Waals surface area contributed by atoms with Gasteiger partial charge in [-0.15, -0.1) is 0 Å². The van der Waals surface area contributed by atoms with Crippen molar-refractivity contribution in [1.82, 2.24) is 4.90 Å². The highest BCUT2D eigenvalue weighted by atomic mass is 16.4. The second kappa shape index (κ2) is 5.53. The summed E-state index contributed by atoms with van der Waals surface area (Å²) in [5.41, 5.74) is 2.12. The lowest BCUT2D eigenvalue weighted by molar-refractivity contribution is -0.143. The Morgan fingerprint density at radius 3 is 2.44 bits per heavy atom. The number of likely N-dealkylation sites (N-methyl/N-ethyl adjacent to an activating group) is 1. The third-order valence-electron chi connectivity index (χ3n) is 3.62. The van der Waals surface area contributed by atoms with Crippen molar-refractivity contribution in [2.45, 2.75) is 32.2 Å². The van der Waals surface area contributed by atoms with Gasteiger partial charge in [-0.1, -0.05) is 31.2 Å². The quantitative estimate of drug-likeness (QED) is 0.840. The molecule has 1 unspecified atom stereocenters. The van der Waals surface area contributed by atoms with E-state index in [1.807, 2.05) is 36.2 Å². The van der Waals surface area contributed by atoms with Gasteiger partial charge in [0.2, 0.25) is 0 Å².